The van der Waals surface area contributed by atoms with Gasteiger partial charge in [-0.1, -0.05) is 41.1 Å². The Morgan fingerprint density at radius 1 is 1.17 bits per heavy atom. The molecule has 0 saturated heterocycles. The van der Waals surface area contributed by atoms with Gasteiger partial charge in [-0.15, -0.1) is 11.3 Å². The van der Waals surface area contributed by atoms with Crippen molar-refractivity contribution in [3.05, 3.63) is 67.5 Å². The van der Waals surface area contributed by atoms with E-state index in [1.807, 2.05) is 30.3 Å². The Kier molecular flexibility index (Phi) is 4.91. The Bertz CT molecular complexity index is 1280. The molecule has 0 saturated carbocycles. The molecule has 29 heavy (non-hydrogen) atoms. The summed E-state index contributed by atoms with van der Waals surface area (Å²) in [6.45, 7) is 0. The second-order valence-corrected chi connectivity index (χ2v) is 9.17. The normalized spacial score (nSPS) is 13.8. The number of nitrogens with one attached hydrogen (secondary N) is 1. The lowest BCUT2D eigenvalue weighted by molar-refractivity contribution is 0.699. The van der Waals surface area contributed by atoms with Gasteiger partial charge in [-0.05, 0) is 43.4 Å². The van der Waals surface area contributed by atoms with E-state index < -0.39 is 0 Å². The summed E-state index contributed by atoms with van der Waals surface area (Å²) in [6, 6.07) is 9.73. The van der Waals surface area contributed by atoms with E-state index in [4.69, 9.17) is 11.6 Å². The van der Waals surface area contributed by atoms with Gasteiger partial charge in [-0.25, -0.2) is 9.97 Å². The first-order valence-electron chi connectivity index (χ1n) is 9.24. The smallest absolute Gasteiger partial charge is 0.282 e. The number of thiophene rings is 1. The Hall–Kier alpha value is -2.55. The molecule has 0 spiro atoms. The quantitative estimate of drug-likeness (QED) is 0.448. The van der Waals surface area contributed by atoms with Crippen LogP contribution in [-0.4, -0.2) is 20.9 Å². The number of fused-ring (bicyclic) bond motifs is 3. The van der Waals surface area contributed by atoms with Gasteiger partial charge in [0.05, 0.1) is 16.5 Å². The molecule has 1 aliphatic carbocycles. The molecule has 4 aromatic rings. The van der Waals surface area contributed by atoms with Crippen molar-refractivity contribution in [2.45, 2.75) is 25.7 Å². The zero-order valence-electron chi connectivity index (χ0n) is 15.3. The number of benzene rings is 1. The van der Waals surface area contributed by atoms with Crippen molar-refractivity contribution in [1.82, 2.24) is 14.6 Å². The Balaban J connectivity index is 1.45. The maximum atomic E-state index is 13.0. The third kappa shape index (κ3) is 3.59. The molecule has 5 rings (SSSR count). The third-order valence-corrected chi connectivity index (χ3v) is 7.30. The van der Waals surface area contributed by atoms with Crippen LogP contribution in [0.5, 0.6) is 0 Å². The SMILES string of the molecule is O=c1c2c3c(sc2ncn1N=Cc1sc(Nc2ccccc2)nc1Cl)CCCC3. The fourth-order valence-corrected chi connectivity index (χ4v) is 5.69. The number of para-hydroxylation sites is 1. The molecule has 1 N–H and O–H groups in total. The number of rotatable bonds is 4. The van der Waals surface area contributed by atoms with Crippen LogP contribution in [0.3, 0.4) is 0 Å². The van der Waals surface area contributed by atoms with E-state index in [1.54, 1.807) is 17.6 Å². The van der Waals surface area contributed by atoms with Crippen LogP contribution in [0.4, 0.5) is 10.8 Å². The van der Waals surface area contributed by atoms with Crippen molar-refractivity contribution < 1.29 is 0 Å². The van der Waals surface area contributed by atoms with Gasteiger partial charge in [0, 0.05) is 10.6 Å². The van der Waals surface area contributed by atoms with Crippen LogP contribution in [0.25, 0.3) is 10.2 Å². The fourth-order valence-electron chi connectivity index (χ4n) is 3.43. The summed E-state index contributed by atoms with van der Waals surface area (Å²) in [5.74, 6) is 0. The first-order chi connectivity index (χ1) is 14.2. The summed E-state index contributed by atoms with van der Waals surface area (Å²) in [4.78, 5) is 24.5. The van der Waals surface area contributed by atoms with Crippen LogP contribution >= 0.6 is 34.3 Å². The molecule has 0 atom stereocenters. The average Bonchev–Trinajstić information content (AvgIpc) is 3.28. The van der Waals surface area contributed by atoms with E-state index in [-0.39, 0.29) is 5.56 Å². The van der Waals surface area contributed by atoms with E-state index in [9.17, 15) is 4.79 Å². The number of hydrogen-bond donors (Lipinski definition) is 1. The van der Waals surface area contributed by atoms with E-state index in [0.717, 1.165) is 35.3 Å². The highest BCUT2D eigenvalue weighted by atomic mass is 35.5. The number of aryl methyl sites for hydroxylation is 2. The lowest BCUT2D eigenvalue weighted by atomic mass is 9.97. The highest BCUT2D eigenvalue weighted by Crippen LogP contribution is 2.33. The van der Waals surface area contributed by atoms with Crippen LogP contribution < -0.4 is 10.9 Å². The molecule has 3 aromatic heterocycles. The van der Waals surface area contributed by atoms with Gasteiger partial charge in [-0.2, -0.15) is 9.78 Å². The van der Waals surface area contributed by atoms with Crippen molar-refractivity contribution in [3.63, 3.8) is 0 Å². The van der Waals surface area contributed by atoms with Gasteiger partial charge in [0.2, 0.25) is 0 Å². The highest BCUT2D eigenvalue weighted by Gasteiger charge is 2.20. The van der Waals surface area contributed by atoms with Crippen LogP contribution in [0.1, 0.15) is 28.2 Å². The third-order valence-electron chi connectivity index (χ3n) is 4.79. The predicted octanol–water partition coefficient (Wildman–Crippen LogP) is 5.07. The molecule has 6 nitrogen and oxygen atoms in total. The number of thiazole rings is 1. The van der Waals surface area contributed by atoms with Crippen molar-refractivity contribution in [2.75, 3.05) is 5.32 Å². The minimum Gasteiger partial charge on any atom is -0.331 e. The lowest BCUT2D eigenvalue weighted by Crippen LogP contribution is -2.17. The maximum absolute atomic E-state index is 13.0. The minimum atomic E-state index is -0.131. The summed E-state index contributed by atoms with van der Waals surface area (Å²) in [5, 5.41) is 9.24. The number of nitrogens with zero attached hydrogens (tertiary/aromatic N) is 4. The van der Waals surface area contributed by atoms with Gasteiger partial charge in [0.25, 0.3) is 5.56 Å². The fraction of sp³-hybridized carbons (Fsp3) is 0.200. The molecule has 0 amide bonds. The van der Waals surface area contributed by atoms with Gasteiger partial charge in [0.1, 0.15) is 11.2 Å². The Morgan fingerprint density at radius 3 is 2.86 bits per heavy atom. The molecule has 0 radical (unpaired) electrons. The van der Waals surface area contributed by atoms with Gasteiger partial charge < -0.3 is 5.32 Å². The number of aromatic nitrogens is 3. The van der Waals surface area contributed by atoms with Crippen LogP contribution in [0, 0.1) is 0 Å². The van der Waals surface area contributed by atoms with E-state index in [0.29, 0.717) is 20.5 Å². The van der Waals surface area contributed by atoms with Gasteiger partial charge >= 0.3 is 0 Å². The molecular formula is C20H16ClN5OS2. The van der Waals surface area contributed by atoms with E-state index in [2.05, 4.69) is 20.4 Å². The standard InChI is InChI=1S/C20H16ClN5OS2/c21-17-15(29-20(25-17)24-12-6-2-1-3-7-12)10-23-26-11-22-18-16(19(26)27)13-8-4-5-9-14(13)28-18/h1-3,6-7,10-11H,4-5,8-9H2,(H,24,25). The van der Waals surface area contributed by atoms with Crippen molar-refractivity contribution in [2.24, 2.45) is 5.10 Å². The lowest BCUT2D eigenvalue weighted by Gasteiger charge is -2.09. The Labute approximate surface area is 179 Å². The summed E-state index contributed by atoms with van der Waals surface area (Å²) >= 11 is 9.26. The number of halogens is 1. The van der Waals surface area contributed by atoms with E-state index >= 15 is 0 Å². The topological polar surface area (TPSA) is 72.2 Å². The molecule has 0 bridgehead atoms. The monoisotopic (exact) mass is 441 g/mol. The summed E-state index contributed by atoms with van der Waals surface area (Å²) in [5.41, 5.74) is 1.95. The van der Waals surface area contributed by atoms with Gasteiger partial charge in [-0.3, -0.25) is 4.79 Å². The molecular weight excluding hydrogens is 426 g/mol. The summed E-state index contributed by atoms with van der Waals surface area (Å²) in [7, 11) is 0. The molecule has 3 heterocycles. The second-order valence-electron chi connectivity index (χ2n) is 6.70. The van der Waals surface area contributed by atoms with Crippen molar-refractivity contribution in [1.29, 1.82) is 0 Å². The van der Waals surface area contributed by atoms with Gasteiger partial charge in [0.15, 0.2) is 10.3 Å². The first kappa shape index (κ1) is 18.5. The van der Waals surface area contributed by atoms with Crippen molar-refractivity contribution in [3.8, 4) is 0 Å². The van der Waals surface area contributed by atoms with Crippen LogP contribution in [0.15, 0.2) is 46.6 Å². The molecule has 0 fully saturated rings. The predicted molar refractivity (Wildman–Crippen MR) is 120 cm³/mol. The molecule has 0 unspecified atom stereocenters. The minimum absolute atomic E-state index is 0.131. The second kappa shape index (κ2) is 7.70. The van der Waals surface area contributed by atoms with Crippen LogP contribution in [0.2, 0.25) is 5.15 Å². The number of anilines is 2. The summed E-state index contributed by atoms with van der Waals surface area (Å²) in [6.07, 6.45) is 7.30. The average molecular weight is 442 g/mol. The maximum Gasteiger partial charge on any atom is 0.282 e. The zero-order valence-corrected chi connectivity index (χ0v) is 17.7. The molecule has 146 valence electrons. The highest BCUT2D eigenvalue weighted by molar-refractivity contribution is 7.19. The first-order valence-corrected chi connectivity index (χ1v) is 11.2. The molecule has 1 aromatic carbocycles. The molecule has 0 aliphatic heterocycles. The Morgan fingerprint density at radius 2 is 2.00 bits per heavy atom. The molecule has 1 aliphatic rings. The van der Waals surface area contributed by atoms with Crippen molar-refractivity contribution >= 4 is 61.5 Å². The largest absolute Gasteiger partial charge is 0.331 e. The zero-order chi connectivity index (χ0) is 19.8. The van der Waals surface area contributed by atoms with E-state index in [1.165, 1.54) is 33.6 Å². The molecule has 9 heteroatoms. The number of hydrogen-bond acceptors (Lipinski definition) is 7. The summed E-state index contributed by atoms with van der Waals surface area (Å²) < 4.78 is 1.28. The van der Waals surface area contributed by atoms with Crippen LogP contribution in [-0.2, 0) is 12.8 Å².